The second-order valence-corrected chi connectivity index (χ2v) is 5.30. The predicted molar refractivity (Wildman–Crippen MR) is 85.6 cm³/mol. The van der Waals surface area contributed by atoms with Crippen molar-refractivity contribution in [2.75, 3.05) is 13.1 Å². The molecule has 0 saturated carbocycles. The number of aromatic nitrogens is 2. The molecule has 4 heteroatoms. The Labute approximate surface area is 127 Å². The molecule has 4 nitrogen and oxygen atoms in total. The molecule has 0 aliphatic carbocycles. The standard InChI is InChI=1S/C17H25N3O/c1-4-10-18-11-9-15-7-5-6-8-16(15)13-21-17-12-14(2)19-20(17)3/h5-8,12,18H,4,9-11,13H2,1-3H3. The van der Waals surface area contributed by atoms with Crippen LogP contribution in [0.3, 0.4) is 0 Å². The van der Waals surface area contributed by atoms with Crippen LogP contribution in [0, 0.1) is 6.92 Å². The minimum Gasteiger partial charge on any atom is -0.473 e. The molecular formula is C17H25N3O. The van der Waals surface area contributed by atoms with E-state index in [-0.39, 0.29) is 0 Å². The minimum absolute atomic E-state index is 0.586. The number of rotatable bonds is 8. The molecule has 1 aromatic carbocycles. The van der Waals surface area contributed by atoms with E-state index in [9.17, 15) is 0 Å². The maximum atomic E-state index is 5.89. The number of nitrogens with zero attached hydrogens (tertiary/aromatic N) is 2. The molecule has 0 aliphatic heterocycles. The van der Waals surface area contributed by atoms with Gasteiger partial charge in [-0.25, -0.2) is 4.68 Å². The Morgan fingerprint density at radius 1 is 1.19 bits per heavy atom. The molecule has 1 N–H and O–H groups in total. The first-order valence-electron chi connectivity index (χ1n) is 7.61. The third-order valence-electron chi connectivity index (χ3n) is 3.45. The summed E-state index contributed by atoms with van der Waals surface area (Å²) in [6.45, 7) is 6.83. The van der Waals surface area contributed by atoms with E-state index in [1.165, 1.54) is 17.5 Å². The first-order valence-corrected chi connectivity index (χ1v) is 7.61. The van der Waals surface area contributed by atoms with Crippen molar-refractivity contribution in [3.8, 4) is 5.88 Å². The number of hydrogen-bond donors (Lipinski definition) is 1. The highest BCUT2D eigenvalue weighted by molar-refractivity contribution is 5.27. The monoisotopic (exact) mass is 287 g/mol. The average molecular weight is 287 g/mol. The summed E-state index contributed by atoms with van der Waals surface area (Å²) < 4.78 is 7.67. The average Bonchev–Trinajstić information content (AvgIpc) is 2.80. The van der Waals surface area contributed by atoms with Gasteiger partial charge in [-0.15, -0.1) is 0 Å². The maximum Gasteiger partial charge on any atom is 0.212 e. The van der Waals surface area contributed by atoms with Crippen LogP contribution in [0.4, 0.5) is 0 Å². The van der Waals surface area contributed by atoms with Crippen molar-refractivity contribution in [2.24, 2.45) is 7.05 Å². The van der Waals surface area contributed by atoms with Crippen LogP contribution in [0.15, 0.2) is 30.3 Å². The molecule has 0 radical (unpaired) electrons. The van der Waals surface area contributed by atoms with Gasteiger partial charge in [0.1, 0.15) is 6.61 Å². The van der Waals surface area contributed by atoms with Gasteiger partial charge < -0.3 is 10.1 Å². The summed E-state index contributed by atoms with van der Waals surface area (Å²) in [5.41, 5.74) is 3.57. The van der Waals surface area contributed by atoms with E-state index in [1.807, 2.05) is 20.0 Å². The molecule has 2 rings (SSSR count). The molecule has 114 valence electrons. The van der Waals surface area contributed by atoms with E-state index in [2.05, 4.69) is 41.6 Å². The fourth-order valence-corrected chi connectivity index (χ4v) is 2.34. The summed E-state index contributed by atoms with van der Waals surface area (Å²) in [6.07, 6.45) is 2.20. The summed E-state index contributed by atoms with van der Waals surface area (Å²) in [6, 6.07) is 10.4. The van der Waals surface area contributed by atoms with E-state index >= 15 is 0 Å². The lowest BCUT2D eigenvalue weighted by Crippen LogP contribution is -2.18. The molecule has 0 fully saturated rings. The zero-order valence-electron chi connectivity index (χ0n) is 13.2. The van der Waals surface area contributed by atoms with Crippen molar-refractivity contribution < 1.29 is 4.74 Å². The van der Waals surface area contributed by atoms with Gasteiger partial charge in [-0.1, -0.05) is 31.2 Å². The predicted octanol–water partition coefficient (Wildman–Crippen LogP) is 2.85. The topological polar surface area (TPSA) is 39.1 Å². The summed E-state index contributed by atoms with van der Waals surface area (Å²) in [4.78, 5) is 0. The van der Waals surface area contributed by atoms with Gasteiger partial charge in [-0.05, 0) is 44.0 Å². The number of benzene rings is 1. The van der Waals surface area contributed by atoms with Gasteiger partial charge in [0.15, 0.2) is 0 Å². The van der Waals surface area contributed by atoms with Crippen molar-refractivity contribution in [3.63, 3.8) is 0 Å². The zero-order chi connectivity index (χ0) is 15.1. The van der Waals surface area contributed by atoms with E-state index in [0.717, 1.165) is 31.1 Å². The van der Waals surface area contributed by atoms with E-state index in [0.29, 0.717) is 6.61 Å². The van der Waals surface area contributed by atoms with Gasteiger partial charge >= 0.3 is 0 Å². The molecule has 0 bridgehead atoms. The van der Waals surface area contributed by atoms with E-state index < -0.39 is 0 Å². The Hall–Kier alpha value is -1.81. The number of aryl methyl sites for hydroxylation is 2. The molecule has 1 heterocycles. The van der Waals surface area contributed by atoms with Crippen LogP contribution < -0.4 is 10.1 Å². The molecule has 0 saturated heterocycles. The van der Waals surface area contributed by atoms with E-state index in [1.54, 1.807) is 4.68 Å². The second kappa shape index (κ2) is 7.84. The number of hydrogen-bond acceptors (Lipinski definition) is 3. The normalized spacial score (nSPS) is 10.8. The van der Waals surface area contributed by atoms with Crippen molar-refractivity contribution in [1.29, 1.82) is 0 Å². The molecule has 0 spiro atoms. The van der Waals surface area contributed by atoms with Crippen molar-refractivity contribution in [1.82, 2.24) is 15.1 Å². The van der Waals surface area contributed by atoms with Crippen molar-refractivity contribution >= 4 is 0 Å². The summed E-state index contributed by atoms with van der Waals surface area (Å²) in [5, 5.41) is 7.74. The fourth-order valence-electron chi connectivity index (χ4n) is 2.34. The molecule has 0 atom stereocenters. The molecule has 21 heavy (non-hydrogen) atoms. The van der Waals surface area contributed by atoms with Gasteiger partial charge in [0.05, 0.1) is 5.69 Å². The molecule has 0 unspecified atom stereocenters. The van der Waals surface area contributed by atoms with Gasteiger partial charge in [0, 0.05) is 13.1 Å². The van der Waals surface area contributed by atoms with Crippen LogP contribution >= 0.6 is 0 Å². The minimum atomic E-state index is 0.586. The SMILES string of the molecule is CCCNCCc1ccccc1COc1cc(C)nn1C. The van der Waals surface area contributed by atoms with Crippen LogP contribution in [-0.2, 0) is 20.1 Å². The third kappa shape index (κ3) is 4.60. The lowest BCUT2D eigenvalue weighted by Gasteiger charge is -2.11. The Morgan fingerprint density at radius 2 is 1.95 bits per heavy atom. The van der Waals surface area contributed by atoms with Crippen LogP contribution in [0.25, 0.3) is 0 Å². The van der Waals surface area contributed by atoms with Gasteiger partial charge in [-0.2, -0.15) is 5.10 Å². The van der Waals surface area contributed by atoms with Crippen LogP contribution in [0.2, 0.25) is 0 Å². The molecule has 0 amide bonds. The smallest absolute Gasteiger partial charge is 0.212 e. The quantitative estimate of drug-likeness (QED) is 0.759. The third-order valence-corrected chi connectivity index (χ3v) is 3.45. The molecule has 1 aromatic heterocycles. The lowest BCUT2D eigenvalue weighted by atomic mass is 10.1. The second-order valence-electron chi connectivity index (χ2n) is 5.30. The van der Waals surface area contributed by atoms with Crippen LogP contribution in [-0.4, -0.2) is 22.9 Å². The van der Waals surface area contributed by atoms with Gasteiger partial charge in [-0.3, -0.25) is 0 Å². The van der Waals surface area contributed by atoms with Gasteiger partial charge in [0.25, 0.3) is 0 Å². The van der Waals surface area contributed by atoms with Crippen molar-refractivity contribution in [2.45, 2.75) is 33.3 Å². The highest BCUT2D eigenvalue weighted by Crippen LogP contribution is 2.16. The Balaban J connectivity index is 1.94. The first kappa shape index (κ1) is 15.6. The van der Waals surface area contributed by atoms with Crippen LogP contribution in [0.5, 0.6) is 5.88 Å². The first-order chi connectivity index (χ1) is 10.2. The maximum absolute atomic E-state index is 5.89. The molecule has 2 aromatic rings. The number of nitrogens with one attached hydrogen (secondary N) is 1. The Kier molecular flexibility index (Phi) is 5.81. The van der Waals surface area contributed by atoms with E-state index in [4.69, 9.17) is 4.74 Å². The summed E-state index contributed by atoms with van der Waals surface area (Å²) >= 11 is 0. The lowest BCUT2D eigenvalue weighted by molar-refractivity contribution is 0.277. The number of ether oxygens (including phenoxy) is 1. The highest BCUT2D eigenvalue weighted by atomic mass is 16.5. The summed E-state index contributed by atoms with van der Waals surface area (Å²) in [5.74, 6) is 0.811. The highest BCUT2D eigenvalue weighted by Gasteiger charge is 2.06. The van der Waals surface area contributed by atoms with Crippen LogP contribution in [0.1, 0.15) is 30.2 Å². The largest absolute Gasteiger partial charge is 0.473 e. The van der Waals surface area contributed by atoms with Crippen molar-refractivity contribution in [3.05, 3.63) is 47.2 Å². The fraction of sp³-hybridized carbons (Fsp3) is 0.471. The van der Waals surface area contributed by atoms with Gasteiger partial charge in [0.2, 0.25) is 5.88 Å². The Morgan fingerprint density at radius 3 is 2.62 bits per heavy atom. The zero-order valence-corrected chi connectivity index (χ0v) is 13.2. The molecule has 0 aliphatic rings. The Bertz CT molecular complexity index is 563. The molecular weight excluding hydrogens is 262 g/mol. The summed E-state index contributed by atoms with van der Waals surface area (Å²) in [7, 11) is 1.91.